The highest BCUT2D eigenvalue weighted by atomic mass is 32.2. The third kappa shape index (κ3) is 5.21. The molecule has 20 heavy (non-hydrogen) atoms. The van der Waals surface area contributed by atoms with Crippen LogP contribution in [0.25, 0.3) is 0 Å². The van der Waals surface area contributed by atoms with E-state index in [4.69, 9.17) is 4.42 Å². The first-order valence-corrected chi connectivity index (χ1v) is 8.47. The zero-order valence-corrected chi connectivity index (χ0v) is 13.0. The summed E-state index contributed by atoms with van der Waals surface area (Å²) < 4.78 is 5.27. The summed E-state index contributed by atoms with van der Waals surface area (Å²) in [7, 11) is 2.09. The summed E-state index contributed by atoms with van der Waals surface area (Å²) in [6, 6.07) is 3.91. The standard InChI is InChI=1S/C15H24N2O2S/c1-17-8-2-5-13(11-17)15(18)16-7-4-10-20-12-14-6-3-9-19-14/h3,6,9,13H,2,4-5,7-8,10-12H2,1H3,(H,16,18). The van der Waals surface area contributed by atoms with Crippen LogP contribution in [0.3, 0.4) is 0 Å². The van der Waals surface area contributed by atoms with Gasteiger partial charge < -0.3 is 14.6 Å². The van der Waals surface area contributed by atoms with Crippen LogP contribution in [0.4, 0.5) is 0 Å². The molecule has 112 valence electrons. The fourth-order valence-corrected chi connectivity index (χ4v) is 3.34. The smallest absolute Gasteiger partial charge is 0.224 e. The number of rotatable bonds is 7. The molecular weight excluding hydrogens is 272 g/mol. The number of thioether (sulfide) groups is 1. The highest BCUT2D eigenvalue weighted by Gasteiger charge is 2.23. The Morgan fingerprint density at radius 2 is 2.50 bits per heavy atom. The Bertz CT molecular complexity index is 395. The molecule has 1 fully saturated rings. The van der Waals surface area contributed by atoms with Gasteiger partial charge in [0.25, 0.3) is 0 Å². The Balaban J connectivity index is 1.51. The molecule has 0 radical (unpaired) electrons. The number of hydrogen-bond acceptors (Lipinski definition) is 4. The third-order valence-corrected chi connectivity index (χ3v) is 4.65. The Hall–Kier alpha value is -0.940. The predicted octanol–water partition coefficient (Wildman–Crippen LogP) is 2.36. The molecule has 5 heteroatoms. The van der Waals surface area contributed by atoms with Crippen molar-refractivity contribution in [1.29, 1.82) is 0 Å². The summed E-state index contributed by atoms with van der Waals surface area (Å²) in [5.74, 6) is 3.39. The van der Waals surface area contributed by atoms with Crippen LogP contribution in [0.15, 0.2) is 22.8 Å². The number of hydrogen-bond donors (Lipinski definition) is 1. The van der Waals surface area contributed by atoms with Gasteiger partial charge in [-0.05, 0) is 50.7 Å². The maximum Gasteiger partial charge on any atom is 0.224 e. The number of carbonyl (C=O) groups is 1. The van der Waals surface area contributed by atoms with Gasteiger partial charge in [0.05, 0.1) is 17.9 Å². The topological polar surface area (TPSA) is 45.5 Å². The van der Waals surface area contributed by atoms with Crippen LogP contribution in [0, 0.1) is 5.92 Å². The van der Waals surface area contributed by atoms with E-state index in [1.807, 2.05) is 23.9 Å². The second-order valence-corrected chi connectivity index (χ2v) is 6.48. The van der Waals surface area contributed by atoms with E-state index in [1.165, 1.54) is 0 Å². The van der Waals surface area contributed by atoms with E-state index in [0.29, 0.717) is 0 Å². The maximum atomic E-state index is 12.0. The first-order valence-electron chi connectivity index (χ1n) is 7.32. The summed E-state index contributed by atoms with van der Waals surface area (Å²) >= 11 is 1.85. The molecule has 0 saturated carbocycles. The van der Waals surface area contributed by atoms with Crippen LogP contribution < -0.4 is 5.32 Å². The van der Waals surface area contributed by atoms with Gasteiger partial charge in [0, 0.05) is 13.1 Å². The normalized spacial score (nSPS) is 19.9. The van der Waals surface area contributed by atoms with Gasteiger partial charge in [0.2, 0.25) is 5.91 Å². The van der Waals surface area contributed by atoms with Crippen LogP contribution >= 0.6 is 11.8 Å². The number of furan rings is 1. The summed E-state index contributed by atoms with van der Waals surface area (Å²) in [5, 5.41) is 3.06. The lowest BCUT2D eigenvalue weighted by Crippen LogP contribution is -2.41. The van der Waals surface area contributed by atoms with Crippen molar-refractivity contribution in [3.63, 3.8) is 0 Å². The van der Waals surface area contributed by atoms with E-state index < -0.39 is 0 Å². The van der Waals surface area contributed by atoms with Crippen LogP contribution in [0.1, 0.15) is 25.0 Å². The number of carbonyl (C=O) groups excluding carboxylic acids is 1. The molecule has 0 aliphatic carbocycles. The molecule has 4 nitrogen and oxygen atoms in total. The minimum absolute atomic E-state index is 0.185. The number of amides is 1. The molecule has 0 bridgehead atoms. The molecule has 1 aliphatic rings. The zero-order chi connectivity index (χ0) is 14.2. The van der Waals surface area contributed by atoms with Crippen LogP contribution in [0.2, 0.25) is 0 Å². The molecule has 1 aliphatic heterocycles. The molecule has 1 aromatic rings. The number of piperidine rings is 1. The molecule has 1 atom stereocenters. The number of nitrogens with one attached hydrogen (secondary N) is 1. The molecule has 1 N–H and O–H groups in total. The van der Waals surface area contributed by atoms with Crippen molar-refractivity contribution in [2.45, 2.75) is 25.0 Å². The van der Waals surface area contributed by atoms with Gasteiger partial charge in [-0.1, -0.05) is 0 Å². The lowest BCUT2D eigenvalue weighted by atomic mass is 9.98. The minimum atomic E-state index is 0.185. The lowest BCUT2D eigenvalue weighted by Gasteiger charge is -2.28. The van der Waals surface area contributed by atoms with E-state index in [0.717, 1.165) is 56.2 Å². The fraction of sp³-hybridized carbons (Fsp3) is 0.667. The molecule has 2 heterocycles. The summed E-state index contributed by atoms with van der Waals surface area (Å²) in [4.78, 5) is 14.2. The first-order chi connectivity index (χ1) is 9.75. The Morgan fingerprint density at radius 3 is 3.25 bits per heavy atom. The second-order valence-electron chi connectivity index (χ2n) is 5.38. The monoisotopic (exact) mass is 296 g/mol. The van der Waals surface area contributed by atoms with Crippen molar-refractivity contribution in [3.8, 4) is 0 Å². The fourth-order valence-electron chi connectivity index (χ4n) is 2.48. The average Bonchev–Trinajstić information content (AvgIpc) is 2.95. The van der Waals surface area contributed by atoms with Gasteiger partial charge in [-0.25, -0.2) is 0 Å². The van der Waals surface area contributed by atoms with Crippen molar-refractivity contribution in [2.75, 3.05) is 32.4 Å². The second kappa shape index (κ2) is 8.37. The first kappa shape index (κ1) is 15.4. The molecule has 1 unspecified atom stereocenters. The number of likely N-dealkylation sites (tertiary alicyclic amines) is 1. The van der Waals surface area contributed by atoms with E-state index in [9.17, 15) is 4.79 Å². The summed E-state index contributed by atoms with van der Waals surface area (Å²) in [6.07, 6.45) is 4.88. The highest BCUT2D eigenvalue weighted by Crippen LogP contribution is 2.15. The average molecular weight is 296 g/mol. The van der Waals surface area contributed by atoms with Crippen molar-refractivity contribution in [1.82, 2.24) is 10.2 Å². The predicted molar refractivity (Wildman–Crippen MR) is 82.7 cm³/mol. The quantitative estimate of drug-likeness (QED) is 0.785. The van der Waals surface area contributed by atoms with E-state index in [2.05, 4.69) is 17.3 Å². The van der Waals surface area contributed by atoms with Gasteiger partial charge in [-0.3, -0.25) is 4.79 Å². The van der Waals surface area contributed by atoms with Gasteiger partial charge >= 0.3 is 0 Å². The van der Waals surface area contributed by atoms with Gasteiger partial charge in [-0.15, -0.1) is 0 Å². The van der Waals surface area contributed by atoms with Crippen molar-refractivity contribution in [3.05, 3.63) is 24.2 Å². The van der Waals surface area contributed by atoms with Crippen molar-refractivity contribution < 1.29 is 9.21 Å². The van der Waals surface area contributed by atoms with Gasteiger partial charge in [0.1, 0.15) is 5.76 Å². The molecule has 1 amide bonds. The van der Waals surface area contributed by atoms with Crippen LogP contribution in [-0.4, -0.2) is 43.2 Å². The SMILES string of the molecule is CN1CCCC(C(=O)NCCCSCc2ccco2)C1. The summed E-state index contributed by atoms with van der Waals surface area (Å²) in [6.45, 7) is 2.80. The zero-order valence-electron chi connectivity index (χ0n) is 12.1. The van der Waals surface area contributed by atoms with Gasteiger partial charge in [0.15, 0.2) is 0 Å². The van der Waals surface area contributed by atoms with E-state index in [1.54, 1.807) is 6.26 Å². The van der Waals surface area contributed by atoms with E-state index >= 15 is 0 Å². The third-order valence-electron chi connectivity index (χ3n) is 3.58. The van der Waals surface area contributed by atoms with Crippen molar-refractivity contribution >= 4 is 17.7 Å². The lowest BCUT2D eigenvalue weighted by molar-refractivity contribution is -0.126. The van der Waals surface area contributed by atoms with Crippen LogP contribution in [0.5, 0.6) is 0 Å². The largest absolute Gasteiger partial charge is 0.468 e. The summed E-state index contributed by atoms with van der Waals surface area (Å²) in [5.41, 5.74) is 0. The Kier molecular flexibility index (Phi) is 6.47. The van der Waals surface area contributed by atoms with Crippen LogP contribution in [-0.2, 0) is 10.5 Å². The minimum Gasteiger partial charge on any atom is -0.468 e. The molecule has 1 aromatic heterocycles. The highest BCUT2D eigenvalue weighted by molar-refractivity contribution is 7.98. The molecule has 1 saturated heterocycles. The maximum absolute atomic E-state index is 12.0. The molecular formula is C15H24N2O2S. The van der Waals surface area contributed by atoms with Crippen molar-refractivity contribution in [2.24, 2.45) is 5.92 Å². The molecule has 2 rings (SSSR count). The van der Waals surface area contributed by atoms with E-state index in [-0.39, 0.29) is 11.8 Å². The molecule has 0 aromatic carbocycles. The Morgan fingerprint density at radius 1 is 1.60 bits per heavy atom. The number of nitrogens with zero attached hydrogens (tertiary/aromatic N) is 1. The van der Waals surface area contributed by atoms with Gasteiger partial charge in [-0.2, -0.15) is 11.8 Å². The Labute approximate surface area is 125 Å². The molecule has 0 spiro atoms.